The standard InChI is InChI=1S/C26H33N3O5/c1-18(2)23(27-22(30)16-20-12-7-4-8-13-20)24(31)29-21(25(32)33)17-28(26(29)34)15-9-14-19-10-5-3-6-11-19/h3-8,10-13,18,21-23,27,30H,9,14-17H2,1-2H3,(H,32,33)/t21-,22?,23-/m0/s1. The predicted octanol–water partition coefficient (Wildman–Crippen LogP) is 2.51. The van der Waals surface area contributed by atoms with E-state index in [-0.39, 0.29) is 18.9 Å². The van der Waals surface area contributed by atoms with Gasteiger partial charge >= 0.3 is 12.0 Å². The summed E-state index contributed by atoms with van der Waals surface area (Å²) in [7, 11) is 0. The molecule has 1 fully saturated rings. The third-order valence-corrected chi connectivity index (χ3v) is 6.02. The van der Waals surface area contributed by atoms with Crippen LogP contribution in [0.4, 0.5) is 4.79 Å². The van der Waals surface area contributed by atoms with E-state index >= 15 is 0 Å². The van der Waals surface area contributed by atoms with Crippen LogP contribution in [-0.4, -0.2) is 69.3 Å². The van der Waals surface area contributed by atoms with Crippen molar-refractivity contribution in [3.63, 3.8) is 0 Å². The van der Waals surface area contributed by atoms with Crippen LogP contribution in [0.5, 0.6) is 0 Å². The number of rotatable bonds is 11. The van der Waals surface area contributed by atoms with Gasteiger partial charge in [-0.1, -0.05) is 74.5 Å². The minimum absolute atomic E-state index is 0.0495. The van der Waals surface area contributed by atoms with Crippen molar-refractivity contribution in [3.8, 4) is 0 Å². The maximum atomic E-state index is 13.4. The normalized spacial score (nSPS) is 17.8. The van der Waals surface area contributed by atoms with Gasteiger partial charge < -0.3 is 15.1 Å². The second-order valence-electron chi connectivity index (χ2n) is 8.97. The maximum Gasteiger partial charge on any atom is 0.328 e. The average molecular weight is 468 g/mol. The molecule has 1 unspecified atom stereocenters. The molecule has 1 aliphatic rings. The zero-order valence-electron chi connectivity index (χ0n) is 19.6. The minimum Gasteiger partial charge on any atom is -0.480 e. The van der Waals surface area contributed by atoms with Gasteiger partial charge in [-0.25, -0.2) is 14.5 Å². The van der Waals surface area contributed by atoms with Crippen molar-refractivity contribution < 1.29 is 24.6 Å². The predicted molar refractivity (Wildman–Crippen MR) is 128 cm³/mol. The molecule has 1 heterocycles. The zero-order valence-corrected chi connectivity index (χ0v) is 19.6. The summed E-state index contributed by atoms with van der Waals surface area (Å²) in [6, 6.07) is 16.4. The number of aliphatic carboxylic acids is 1. The minimum atomic E-state index is -1.26. The van der Waals surface area contributed by atoms with Gasteiger partial charge in [-0.05, 0) is 29.9 Å². The Morgan fingerprint density at radius 3 is 2.18 bits per heavy atom. The van der Waals surface area contributed by atoms with Crippen molar-refractivity contribution >= 4 is 17.9 Å². The van der Waals surface area contributed by atoms with Crippen LogP contribution in [0.25, 0.3) is 0 Å². The van der Waals surface area contributed by atoms with E-state index in [0.29, 0.717) is 13.0 Å². The lowest BCUT2D eigenvalue weighted by Gasteiger charge is -2.29. The van der Waals surface area contributed by atoms with Gasteiger partial charge in [0.15, 0.2) is 6.04 Å². The Labute approximate surface area is 200 Å². The number of hydrogen-bond acceptors (Lipinski definition) is 5. The van der Waals surface area contributed by atoms with Crippen LogP contribution < -0.4 is 5.32 Å². The molecule has 0 radical (unpaired) electrons. The largest absolute Gasteiger partial charge is 0.480 e. The van der Waals surface area contributed by atoms with Crippen LogP contribution in [0, 0.1) is 5.92 Å². The number of carbonyl (C=O) groups excluding carboxylic acids is 2. The van der Waals surface area contributed by atoms with E-state index in [1.807, 2.05) is 60.7 Å². The quantitative estimate of drug-likeness (QED) is 0.438. The lowest BCUT2D eigenvalue weighted by atomic mass is 10.0. The Hall–Kier alpha value is -3.23. The molecule has 34 heavy (non-hydrogen) atoms. The highest BCUT2D eigenvalue weighted by molar-refractivity contribution is 6.03. The fourth-order valence-corrected chi connectivity index (χ4v) is 4.20. The molecule has 1 saturated heterocycles. The molecule has 0 aliphatic carbocycles. The number of amides is 3. The van der Waals surface area contributed by atoms with E-state index in [1.54, 1.807) is 13.8 Å². The SMILES string of the molecule is CC(C)[C@H](NC(O)Cc1ccccc1)C(=O)N1C(=O)N(CCCc2ccccc2)C[C@H]1C(=O)O. The van der Waals surface area contributed by atoms with Gasteiger partial charge in [0, 0.05) is 13.0 Å². The molecule has 3 amide bonds. The maximum absolute atomic E-state index is 13.4. The highest BCUT2D eigenvalue weighted by Crippen LogP contribution is 2.21. The first-order valence-electron chi connectivity index (χ1n) is 11.6. The topological polar surface area (TPSA) is 110 Å². The number of hydrogen-bond donors (Lipinski definition) is 3. The van der Waals surface area contributed by atoms with Crippen LogP contribution in [0.3, 0.4) is 0 Å². The van der Waals surface area contributed by atoms with Crippen LogP contribution in [0.2, 0.25) is 0 Å². The molecular formula is C26H33N3O5. The van der Waals surface area contributed by atoms with Gasteiger partial charge in [-0.15, -0.1) is 0 Å². The number of imide groups is 1. The first-order chi connectivity index (χ1) is 16.3. The van der Waals surface area contributed by atoms with Gasteiger partial charge in [-0.3, -0.25) is 10.1 Å². The lowest BCUT2D eigenvalue weighted by molar-refractivity contribution is -0.147. The molecule has 0 bridgehead atoms. The molecule has 8 heteroatoms. The molecule has 8 nitrogen and oxygen atoms in total. The van der Waals surface area contributed by atoms with Gasteiger partial charge in [0.2, 0.25) is 5.91 Å². The summed E-state index contributed by atoms with van der Waals surface area (Å²) < 4.78 is 0. The third-order valence-electron chi connectivity index (χ3n) is 6.02. The first kappa shape index (κ1) is 25.4. The number of carboxylic acids is 1. The Morgan fingerprint density at radius 1 is 1.03 bits per heavy atom. The van der Waals surface area contributed by atoms with Gasteiger partial charge in [0.25, 0.3) is 0 Å². The van der Waals surface area contributed by atoms with Gasteiger partial charge in [-0.2, -0.15) is 0 Å². The summed E-state index contributed by atoms with van der Waals surface area (Å²) in [5, 5.41) is 23.2. The Kier molecular flexibility index (Phi) is 8.79. The van der Waals surface area contributed by atoms with E-state index in [9.17, 15) is 24.6 Å². The fraction of sp³-hybridized carbons (Fsp3) is 0.423. The van der Waals surface area contributed by atoms with E-state index < -0.39 is 36.2 Å². The molecular weight excluding hydrogens is 434 g/mol. The summed E-state index contributed by atoms with van der Waals surface area (Å²) in [6.45, 7) is 3.89. The smallest absolute Gasteiger partial charge is 0.328 e. The molecule has 2 aromatic carbocycles. The second-order valence-corrected chi connectivity index (χ2v) is 8.97. The number of aryl methyl sites for hydroxylation is 1. The Bertz CT molecular complexity index is 967. The monoisotopic (exact) mass is 467 g/mol. The van der Waals surface area contributed by atoms with E-state index in [1.165, 1.54) is 4.90 Å². The Balaban J connectivity index is 1.67. The summed E-state index contributed by atoms with van der Waals surface area (Å²) in [5.41, 5.74) is 2.02. The first-order valence-corrected chi connectivity index (χ1v) is 11.6. The highest BCUT2D eigenvalue weighted by Gasteiger charge is 2.47. The van der Waals surface area contributed by atoms with Gasteiger partial charge in [0.1, 0.15) is 6.23 Å². The van der Waals surface area contributed by atoms with E-state index in [4.69, 9.17) is 0 Å². The van der Waals surface area contributed by atoms with Crippen molar-refractivity contribution in [2.75, 3.05) is 13.1 Å². The summed E-state index contributed by atoms with van der Waals surface area (Å²) in [6.07, 6.45) is 0.658. The number of carbonyl (C=O) groups is 3. The van der Waals surface area contributed by atoms with Crippen LogP contribution in [0.1, 0.15) is 31.4 Å². The number of aliphatic hydroxyl groups excluding tert-OH is 1. The van der Waals surface area contributed by atoms with E-state index in [0.717, 1.165) is 22.4 Å². The second kappa shape index (κ2) is 11.8. The fourth-order valence-electron chi connectivity index (χ4n) is 4.20. The molecule has 1 aliphatic heterocycles. The number of nitrogens with zero attached hydrogens (tertiary/aromatic N) is 2. The molecule has 0 spiro atoms. The number of urea groups is 1. The molecule has 3 N–H and O–H groups in total. The van der Waals surface area contributed by atoms with Crippen molar-refractivity contribution in [2.24, 2.45) is 5.92 Å². The van der Waals surface area contributed by atoms with Crippen molar-refractivity contribution in [1.82, 2.24) is 15.1 Å². The number of benzene rings is 2. The lowest BCUT2D eigenvalue weighted by Crippen LogP contribution is -2.56. The van der Waals surface area contributed by atoms with Crippen molar-refractivity contribution in [1.29, 1.82) is 0 Å². The number of carboxylic acid groups (broad SMARTS) is 1. The average Bonchev–Trinajstić information content (AvgIpc) is 3.14. The van der Waals surface area contributed by atoms with Crippen LogP contribution >= 0.6 is 0 Å². The molecule has 2 aromatic rings. The van der Waals surface area contributed by atoms with Crippen LogP contribution in [-0.2, 0) is 22.4 Å². The van der Waals surface area contributed by atoms with Crippen molar-refractivity contribution in [2.45, 2.75) is 51.4 Å². The molecule has 0 aromatic heterocycles. The number of nitrogens with one attached hydrogen (secondary N) is 1. The van der Waals surface area contributed by atoms with E-state index in [2.05, 4.69) is 5.32 Å². The molecule has 182 valence electrons. The third kappa shape index (κ3) is 6.42. The van der Waals surface area contributed by atoms with Crippen LogP contribution in [0.15, 0.2) is 60.7 Å². The number of aliphatic hydroxyl groups is 1. The van der Waals surface area contributed by atoms with Gasteiger partial charge in [0.05, 0.1) is 12.6 Å². The summed E-state index contributed by atoms with van der Waals surface area (Å²) in [5.74, 6) is -2.13. The molecule has 0 saturated carbocycles. The molecule has 3 atom stereocenters. The Morgan fingerprint density at radius 2 is 1.62 bits per heavy atom. The highest BCUT2D eigenvalue weighted by atomic mass is 16.4. The zero-order chi connectivity index (χ0) is 24.7. The molecule has 3 rings (SSSR count). The van der Waals surface area contributed by atoms with Crippen molar-refractivity contribution in [3.05, 3.63) is 71.8 Å². The summed E-state index contributed by atoms with van der Waals surface area (Å²) in [4.78, 5) is 40.7. The summed E-state index contributed by atoms with van der Waals surface area (Å²) >= 11 is 0.